The molecule has 2 rings (SSSR count). The molecule has 0 saturated carbocycles. The number of nitrogens with one attached hydrogen (secondary N) is 1. The molecule has 0 atom stereocenters. The van der Waals surface area contributed by atoms with E-state index in [-0.39, 0.29) is 22.8 Å². The quantitative estimate of drug-likeness (QED) is 0.469. The summed E-state index contributed by atoms with van der Waals surface area (Å²) in [6.07, 6.45) is 4.70. The molecule has 0 aliphatic heterocycles. The highest BCUT2D eigenvalue weighted by Crippen LogP contribution is 2.25. The summed E-state index contributed by atoms with van der Waals surface area (Å²) < 4.78 is 5.76. The van der Waals surface area contributed by atoms with Crippen molar-refractivity contribution in [2.75, 3.05) is 13.2 Å². The molecule has 5 heteroatoms. The van der Waals surface area contributed by atoms with Gasteiger partial charge in [-0.1, -0.05) is 39.0 Å². The molecular weight excluding hydrogens is 354 g/mol. The summed E-state index contributed by atoms with van der Waals surface area (Å²) in [6.45, 7) is 7.80. The molecule has 1 amide bonds. The van der Waals surface area contributed by atoms with Crippen molar-refractivity contribution in [1.29, 1.82) is 0 Å². The lowest BCUT2D eigenvalue weighted by Gasteiger charge is -2.18. The predicted molar refractivity (Wildman–Crippen MR) is 112 cm³/mol. The van der Waals surface area contributed by atoms with Crippen molar-refractivity contribution in [2.45, 2.75) is 33.6 Å². The topological polar surface area (TPSA) is 78.8 Å². The molecule has 2 aromatic rings. The van der Waals surface area contributed by atoms with Crippen molar-refractivity contribution >= 4 is 12.0 Å². The normalized spacial score (nSPS) is 11.5. The number of aromatic hydroxyl groups is 2. The smallest absolute Gasteiger partial charge is 0.244 e. The maximum atomic E-state index is 11.9. The average Bonchev–Trinajstić information content (AvgIpc) is 2.63. The number of amides is 1. The lowest BCUT2D eigenvalue weighted by atomic mass is 9.93. The van der Waals surface area contributed by atoms with Gasteiger partial charge in [0.2, 0.25) is 5.91 Å². The molecule has 0 aromatic heterocycles. The fourth-order valence-corrected chi connectivity index (χ4v) is 2.43. The Balaban J connectivity index is 1.72. The monoisotopic (exact) mass is 383 g/mol. The van der Waals surface area contributed by atoms with E-state index in [0.717, 1.165) is 24.2 Å². The molecule has 3 N–H and O–H groups in total. The fraction of sp³-hybridized carbons (Fsp3) is 0.348. The van der Waals surface area contributed by atoms with Crippen LogP contribution in [0.1, 0.15) is 38.3 Å². The van der Waals surface area contributed by atoms with Gasteiger partial charge in [0.15, 0.2) is 11.5 Å². The maximum absolute atomic E-state index is 11.9. The Morgan fingerprint density at radius 3 is 2.43 bits per heavy atom. The van der Waals surface area contributed by atoms with Crippen LogP contribution in [0.5, 0.6) is 17.2 Å². The van der Waals surface area contributed by atoms with Crippen molar-refractivity contribution < 1.29 is 19.7 Å². The number of benzene rings is 2. The zero-order chi connectivity index (χ0) is 20.6. The second kappa shape index (κ2) is 9.83. The summed E-state index contributed by atoms with van der Waals surface area (Å²) in [5, 5.41) is 21.5. The van der Waals surface area contributed by atoms with Gasteiger partial charge >= 0.3 is 0 Å². The van der Waals surface area contributed by atoms with Gasteiger partial charge in [-0.2, -0.15) is 0 Å². The van der Waals surface area contributed by atoms with Gasteiger partial charge in [0, 0.05) is 12.6 Å². The van der Waals surface area contributed by atoms with Gasteiger partial charge in [0.05, 0.1) is 6.61 Å². The highest BCUT2D eigenvalue weighted by molar-refractivity contribution is 5.91. The third kappa shape index (κ3) is 7.74. The van der Waals surface area contributed by atoms with Crippen molar-refractivity contribution in [1.82, 2.24) is 5.32 Å². The van der Waals surface area contributed by atoms with Crippen LogP contribution in [-0.4, -0.2) is 29.3 Å². The molecular formula is C23H29NO4. The lowest BCUT2D eigenvalue weighted by molar-refractivity contribution is -0.116. The van der Waals surface area contributed by atoms with Crippen LogP contribution in [0.15, 0.2) is 48.5 Å². The average molecular weight is 383 g/mol. The Bertz CT molecular complexity index is 804. The van der Waals surface area contributed by atoms with Gasteiger partial charge in [-0.3, -0.25) is 4.79 Å². The largest absolute Gasteiger partial charge is 0.504 e. The minimum atomic E-state index is -0.214. The molecule has 28 heavy (non-hydrogen) atoms. The lowest BCUT2D eigenvalue weighted by Crippen LogP contribution is -2.23. The second-order valence-corrected chi connectivity index (χ2v) is 7.93. The number of hydrogen-bond acceptors (Lipinski definition) is 4. The first-order valence-electron chi connectivity index (χ1n) is 9.42. The number of carbonyl (C=O) groups excluding carboxylic acids is 1. The molecule has 0 fully saturated rings. The van der Waals surface area contributed by atoms with Gasteiger partial charge in [0.1, 0.15) is 5.75 Å². The first-order valence-corrected chi connectivity index (χ1v) is 9.42. The summed E-state index contributed by atoms with van der Waals surface area (Å²) in [7, 11) is 0. The number of rotatable bonds is 8. The van der Waals surface area contributed by atoms with E-state index in [1.807, 2.05) is 24.3 Å². The van der Waals surface area contributed by atoms with Crippen molar-refractivity contribution in [3.63, 3.8) is 0 Å². The van der Waals surface area contributed by atoms with Crippen LogP contribution >= 0.6 is 0 Å². The molecule has 0 unspecified atom stereocenters. The summed E-state index contributed by atoms with van der Waals surface area (Å²) >= 11 is 0. The van der Waals surface area contributed by atoms with Crippen LogP contribution in [0.2, 0.25) is 0 Å². The molecule has 0 heterocycles. The van der Waals surface area contributed by atoms with Crippen LogP contribution in [-0.2, 0) is 11.2 Å². The minimum Gasteiger partial charge on any atom is -0.504 e. The van der Waals surface area contributed by atoms with Gasteiger partial charge < -0.3 is 20.3 Å². The summed E-state index contributed by atoms with van der Waals surface area (Å²) in [4.78, 5) is 11.9. The summed E-state index contributed by atoms with van der Waals surface area (Å²) in [6, 6.07) is 12.3. The molecule has 0 aliphatic rings. The molecule has 2 aromatic carbocycles. The molecule has 0 radical (unpaired) electrons. The Labute approximate surface area is 166 Å². The van der Waals surface area contributed by atoms with E-state index in [1.54, 1.807) is 12.1 Å². The first-order chi connectivity index (χ1) is 13.2. The predicted octanol–water partition coefficient (Wildman–Crippen LogP) is 4.28. The summed E-state index contributed by atoms with van der Waals surface area (Å²) in [5.74, 6) is 0.243. The van der Waals surface area contributed by atoms with Crippen LogP contribution in [0.25, 0.3) is 6.08 Å². The second-order valence-electron chi connectivity index (χ2n) is 7.93. The standard InChI is InChI=1S/C23H29NO4/c1-23(2,3)13-15-28-19-8-4-17(5-9-19)12-14-24-22(27)11-7-18-6-10-20(25)21(26)16-18/h4-11,16,25-26H,12-15H2,1-3H3,(H,24,27)/b11-7+. The molecule has 0 saturated heterocycles. The van der Waals surface area contributed by atoms with E-state index in [0.29, 0.717) is 18.7 Å². The molecule has 150 valence electrons. The zero-order valence-electron chi connectivity index (χ0n) is 16.7. The third-order valence-electron chi connectivity index (χ3n) is 4.18. The number of phenols is 2. The first kappa shape index (κ1) is 21.4. The van der Waals surface area contributed by atoms with Crippen LogP contribution < -0.4 is 10.1 Å². The number of carbonyl (C=O) groups is 1. The molecule has 0 spiro atoms. The van der Waals surface area contributed by atoms with E-state index in [2.05, 4.69) is 26.1 Å². The highest BCUT2D eigenvalue weighted by Gasteiger charge is 2.09. The van der Waals surface area contributed by atoms with E-state index >= 15 is 0 Å². The summed E-state index contributed by atoms with van der Waals surface area (Å²) in [5.41, 5.74) is 2.01. The minimum absolute atomic E-state index is 0.188. The number of hydrogen-bond donors (Lipinski definition) is 3. The Morgan fingerprint density at radius 1 is 1.07 bits per heavy atom. The van der Waals surface area contributed by atoms with E-state index < -0.39 is 0 Å². The van der Waals surface area contributed by atoms with Gasteiger partial charge in [-0.05, 0) is 59.7 Å². The van der Waals surface area contributed by atoms with E-state index in [4.69, 9.17) is 4.74 Å². The fourth-order valence-electron chi connectivity index (χ4n) is 2.43. The Kier molecular flexibility index (Phi) is 7.50. The van der Waals surface area contributed by atoms with E-state index in [9.17, 15) is 15.0 Å². The van der Waals surface area contributed by atoms with Crippen molar-refractivity contribution in [2.24, 2.45) is 5.41 Å². The van der Waals surface area contributed by atoms with Gasteiger partial charge in [-0.15, -0.1) is 0 Å². The van der Waals surface area contributed by atoms with Crippen molar-refractivity contribution in [3.05, 3.63) is 59.7 Å². The number of ether oxygens (including phenoxy) is 1. The zero-order valence-corrected chi connectivity index (χ0v) is 16.7. The third-order valence-corrected chi connectivity index (χ3v) is 4.18. The number of phenolic OH excluding ortho intramolecular Hbond substituents is 2. The highest BCUT2D eigenvalue weighted by atomic mass is 16.5. The van der Waals surface area contributed by atoms with Crippen LogP contribution in [0.3, 0.4) is 0 Å². The molecule has 0 aliphatic carbocycles. The van der Waals surface area contributed by atoms with Crippen LogP contribution in [0, 0.1) is 5.41 Å². The van der Waals surface area contributed by atoms with E-state index in [1.165, 1.54) is 18.2 Å². The SMILES string of the molecule is CC(C)(C)CCOc1ccc(CCNC(=O)/C=C/c2ccc(O)c(O)c2)cc1. The molecule has 5 nitrogen and oxygen atoms in total. The van der Waals surface area contributed by atoms with Crippen molar-refractivity contribution in [3.8, 4) is 17.2 Å². The Hall–Kier alpha value is -2.95. The van der Waals surface area contributed by atoms with Gasteiger partial charge in [-0.25, -0.2) is 0 Å². The Morgan fingerprint density at radius 2 is 1.79 bits per heavy atom. The van der Waals surface area contributed by atoms with Crippen LogP contribution in [0.4, 0.5) is 0 Å². The molecule has 0 bridgehead atoms. The van der Waals surface area contributed by atoms with Gasteiger partial charge in [0.25, 0.3) is 0 Å². The maximum Gasteiger partial charge on any atom is 0.244 e.